The Kier molecular flexibility index (Phi) is 3.93. The number of rotatable bonds is 4. The molecule has 2 aromatic heterocycles. The molecule has 0 aliphatic carbocycles. The molecular weight excluding hydrogens is 336 g/mol. The maximum atomic E-state index is 12.5. The lowest BCUT2D eigenvalue weighted by Crippen LogP contribution is -2.30. The number of carbonyl (C=O) groups is 1. The molecule has 2 atom stereocenters. The van der Waals surface area contributed by atoms with E-state index in [1.54, 1.807) is 7.11 Å². The fourth-order valence-electron chi connectivity index (χ4n) is 3.22. The quantitative estimate of drug-likeness (QED) is 0.660. The molecule has 1 aromatic carbocycles. The average Bonchev–Trinajstić information content (AvgIpc) is 3.25. The van der Waals surface area contributed by atoms with Gasteiger partial charge in [0.15, 0.2) is 5.13 Å². The zero-order valence-corrected chi connectivity index (χ0v) is 14.7. The van der Waals surface area contributed by atoms with Gasteiger partial charge in [-0.15, -0.1) is 11.3 Å². The normalized spacial score (nSPS) is 19.2. The minimum absolute atomic E-state index is 0.0309. The van der Waals surface area contributed by atoms with Crippen LogP contribution in [-0.2, 0) is 4.79 Å². The molecule has 0 saturated heterocycles. The number of methoxy groups -OCH3 is 1. The molecule has 1 aliphatic heterocycles. The van der Waals surface area contributed by atoms with Crippen molar-refractivity contribution in [3.63, 3.8) is 0 Å². The van der Waals surface area contributed by atoms with Crippen LogP contribution in [-0.4, -0.2) is 23.0 Å². The number of aromatic nitrogens is 2. The highest BCUT2D eigenvalue weighted by Gasteiger charge is 2.36. The number of para-hydroxylation sites is 2. The average molecular weight is 354 g/mol. The van der Waals surface area contributed by atoms with Crippen molar-refractivity contribution >= 4 is 33.9 Å². The van der Waals surface area contributed by atoms with Crippen molar-refractivity contribution < 1.29 is 9.53 Å². The summed E-state index contributed by atoms with van der Waals surface area (Å²) in [6.07, 6.45) is 1.85. The molecule has 3 aromatic rings. The minimum atomic E-state index is -0.298. The van der Waals surface area contributed by atoms with Gasteiger partial charge in [-0.1, -0.05) is 19.1 Å². The molecule has 3 heterocycles. The zero-order valence-electron chi connectivity index (χ0n) is 13.9. The number of aromatic amines is 1. The van der Waals surface area contributed by atoms with Crippen LogP contribution in [0, 0.1) is 0 Å². The van der Waals surface area contributed by atoms with E-state index in [1.165, 1.54) is 11.3 Å². The molecule has 128 valence electrons. The SMILES string of the molecule is COc1ccccc1Nc1nc(C2C(=O)Nc3[nH]ccc3C2C)cs1. The molecule has 25 heavy (non-hydrogen) atoms. The van der Waals surface area contributed by atoms with Gasteiger partial charge in [0.05, 0.1) is 24.4 Å². The second-order valence-corrected chi connectivity index (χ2v) is 6.82. The van der Waals surface area contributed by atoms with E-state index in [0.29, 0.717) is 0 Å². The van der Waals surface area contributed by atoms with Crippen molar-refractivity contribution in [1.82, 2.24) is 9.97 Å². The Hall–Kier alpha value is -2.80. The fraction of sp³-hybridized carbons (Fsp3) is 0.222. The molecule has 0 fully saturated rings. The molecular formula is C18H18N4O2S. The highest BCUT2D eigenvalue weighted by molar-refractivity contribution is 7.13. The molecule has 6 nitrogen and oxygen atoms in total. The van der Waals surface area contributed by atoms with Gasteiger partial charge in [-0.3, -0.25) is 4.79 Å². The van der Waals surface area contributed by atoms with Gasteiger partial charge in [-0.25, -0.2) is 4.98 Å². The van der Waals surface area contributed by atoms with Gasteiger partial charge in [-0.05, 0) is 23.8 Å². The first-order valence-electron chi connectivity index (χ1n) is 8.01. The molecule has 7 heteroatoms. The molecule has 0 spiro atoms. The highest BCUT2D eigenvalue weighted by Crippen LogP contribution is 2.41. The van der Waals surface area contributed by atoms with Crippen molar-refractivity contribution in [2.45, 2.75) is 18.8 Å². The summed E-state index contributed by atoms with van der Waals surface area (Å²) < 4.78 is 5.35. The van der Waals surface area contributed by atoms with E-state index in [1.807, 2.05) is 41.9 Å². The predicted molar refractivity (Wildman–Crippen MR) is 99.0 cm³/mol. The van der Waals surface area contributed by atoms with Gasteiger partial charge in [0.1, 0.15) is 11.6 Å². The summed E-state index contributed by atoms with van der Waals surface area (Å²) in [5, 5.41) is 8.87. The van der Waals surface area contributed by atoms with E-state index in [0.717, 1.165) is 33.6 Å². The predicted octanol–water partition coefficient (Wildman–Crippen LogP) is 4.06. The Morgan fingerprint density at radius 2 is 2.12 bits per heavy atom. The second kappa shape index (κ2) is 6.25. The summed E-state index contributed by atoms with van der Waals surface area (Å²) in [6.45, 7) is 2.06. The third-order valence-electron chi connectivity index (χ3n) is 4.49. The minimum Gasteiger partial charge on any atom is -0.495 e. The largest absolute Gasteiger partial charge is 0.495 e. The second-order valence-electron chi connectivity index (χ2n) is 5.97. The molecule has 0 bridgehead atoms. The summed E-state index contributed by atoms with van der Waals surface area (Å²) in [4.78, 5) is 20.2. The Bertz CT molecular complexity index is 917. The van der Waals surface area contributed by atoms with Gasteiger partial charge >= 0.3 is 0 Å². The van der Waals surface area contributed by atoms with Crippen LogP contribution in [0.1, 0.15) is 30.0 Å². The van der Waals surface area contributed by atoms with Gasteiger partial charge in [-0.2, -0.15) is 0 Å². The Balaban J connectivity index is 1.60. The van der Waals surface area contributed by atoms with Crippen LogP contribution < -0.4 is 15.4 Å². The first-order valence-corrected chi connectivity index (χ1v) is 8.89. The van der Waals surface area contributed by atoms with Gasteiger partial charge in [0.2, 0.25) is 5.91 Å². The standard InChI is InChI=1S/C18H18N4O2S/c1-10-11-7-8-19-16(11)22-17(23)15(10)13-9-25-18(21-13)20-12-5-3-4-6-14(12)24-2/h3-10,15,19H,1-2H3,(H,20,21)(H,22,23). The topological polar surface area (TPSA) is 79.0 Å². The monoisotopic (exact) mass is 354 g/mol. The maximum absolute atomic E-state index is 12.5. The number of H-pyrrole nitrogens is 1. The zero-order chi connectivity index (χ0) is 17.4. The smallest absolute Gasteiger partial charge is 0.235 e. The van der Waals surface area contributed by atoms with Crippen molar-refractivity contribution in [2.24, 2.45) is 0 Å². The summed E-state index contributed by atoms with van der Waals surface area (Å²) in [7, 11) is 1.64. The first kappa shape index (κ1) is 15.7. The lowest BCUT2D eigenvalue weighted by Gasteiger charge is -2.27. The first-order chi connectivity index (χ1) is 12.2. The lowest BCUT2D eigenvalue weighted by molar-refractivity contribution is -0.118. The molecule has 2 unspecified atom stereocenters. The molecule has 0 radical (unpaired) electrons. The number of hydrogen-bond acceptors (Lipinski definition) is 5. The van der Waals surface area contributed by atoms with Crippen LogP contribution in [0.15, 0.2) is 41.9 Å². The molecule has 1 aliphatic rings. The Labute approximate surface area is 149 Å². The molecule has 3 N–H and O–H groups in total. The molecule has 0 saturated carbocycles. The number of ether oxygens (including phenoxy) is 1. The van der Waals surface area contributed by atoms with Crippen molar-refractivity contribution in [3.05, 3.63) is 53.2 Å². The van der Waals surface area contributed by atoms with Crippen LogP contribution in [0.2, 0.25) is 0 Å². The number of benzene rings is 1. The van der Waals surface area contributed by atoms with Crippen LogP contribution in [0.5, 0.6) is 5.75 Å². The highest BCUT2D eigenvalue weighted by atomic mass is 32.1. The van der Waals surface area contributed by atoms with Crippen LogP contribution in [0.25, 0.3) is 0 Å². The summed E-state index contributed by atoms with van der Waals surface area (Å²) >= 11 is 1.48. The van der Waals surface area contributed by atoms with Crippen LogP contribution in [0.3, 0.4) is 0 Å². The third-order valence-corrected chi connectivity index (χ3v) is 5.27. The Morgan fingerprint density at radius 3 is 2.96 bits per heavy atom. The lowest BCUT2D eigenvalue weighted by atomic mass is 9.83. The van der Waals surface area contributed by atoms with E-state index >= 15 is 0 Å². The number of nitrogens with zero attached hydrogens (tertiary/aromatic N) is 1. The van der Waals surface area contributed by atoms with E-state index < -0.39 is 0 Å². The fourth-order valence-corrected chi connectivity index (χ4v) is 3.98. The van der Waals surface area contributed by atoms with Crippen molar-refractivity contribution in [1.29, 1.82) is 0 Å². The van der Waals surface area contributed by atoms with Crippen LogP contribution in [0.4, 0.5) is 16.6 Å². The maximum Gasteiger partial charge on any atom is 0.235 e. The summed E-state index contributed by atoms with van der Waals surface area (Å²) in [6, 6.07) is 9.68. The number of amides is 1. The Morgan fingerprint density at radius 1 is 1.28 bits per heavy atom. The third kappa shape index (κ3) is 2.76. The van der Waals surface area contributed by atoms with E-state index in [9.17, 15) is 4.79 Å². The number of fused-ring (bicyclic) bond motifs is 1. The van der Waals surface area contributed by atoms with E-state index in [2.05, 4.69) is 27.5 Å². The van der Waals surface area contributed by atoms with Gasteiger partial charge < -0.3 is 20.4 Å². The van der Waals surface area contributed by atoms with Gasteiger partial charge in [0.25, 0.3) is 0 Å². The number of thiazole rings is 1. The molecule has 4 rings (SSSR count). The number of nitrogens with one attached hydrogen (secondary N) is 3. The summed E-state index contributed by atoms with van der Waals surface area (Å²) in [5.74, 6) is 1.27. The number of hydrogen-bond donors (Lipinski definition) is 3. The van der Waals surface area contributed by atoms with Crippen LogP contribution >= 0.6 is 11.3 Å². The molecule has 1 amide bonds. The number of carbonyl (C=O) groups excluding carboxylic acids is 1. The van der Waals surface area contributed by atoms with E-state index in [-0.39, 0.29) is 17.7 Å². The number of anilines is 3. The van der Waals surface area contributed by atoms with Gasteiger partial charge in [0, 0.05) is 17.5 Å². The van der Waals surface area contributed by atoms with Crippen molar-refractivity contribution in [3.8, 4) is 5.75 Å². The van der Waals surface area contributed by atoms with E-state index in [4.69, 9.17) is 4.74 Å². The summed E-state index contributed by atoms with van der Waals surface area (Å²) in [5.41, 5.74) is 2.73. The van der Waals surface area contributed by atoms with Crippen molar-refractivity contribution in [2.75, 3.05) is 17.7 Å².